The summed E-state index contributed by atoms with van der Waals surface area (Å²) in [5.74, 6) is 0.859. The van der Waals surface area contributed by atoms with Gasteiger partial charge in [0.15, 0.2) is 18.1 Å². The lowest BCUT2D eigenvalue weighted by atomic mass is 9.72. The molecule has 0 unspecified atom stereocenters. The lowest BCUT2D eigenvalue weighted by Crippen LogP contribution is -2.27. The zero-order chi connectivity index (χ0) is 29.6. The molecule has 0 spiro atoms. The van der Waals surface area contributed by atoms with Gasteiger partial charge in [0.2, 0.25) is 0 Å². The smallest absolute Gasteiger partial charge is 0.344 e. The number of hydrogen-bond donors (Lipinski definition) is 1. The van der Waals surface area contributed by atoms with Crippen LogP contribution in [0.4, 0.5) is 10.7 Å². The predicted octanol–water partition coefficient (Wildman–Crippen LogP) is 7.90. The molecule has 0 saturated heterocycles. The fourth-order valence-electron chi connectivity index (χ4n) is 4.83. The number of anilines is 1. The van der Waals surface area contributed by atoms with E-state index in [1.807, 2.05) is 19.1 Å². The number of amides is 1. The molecule has 0 aliphatic heterocycles. The van der Waals surface area contributed by atoms with Crippen molar-refractivity contribution in [1.82, 2.24) is 0 Å². The first-order valence-electron chi connectivity index (χ1n) is 13.9. The minimum absolute atomic E-state index is 0.177. The Kier molecular flexibility index (Phi) is 10.1. The van der Waals surface area contributed by atoms with Gasteiger partial charge in [-0.15, -0.1) is 11.3 Å². The number of ether oxygens (including phenoxy) is 3. The number of aliphatic imine (C=N–C) groups is 1. The van der Waals surface area contributed by atoms with E-state index in [4.69, 9.17) is 30.8 Å². The average molecular weight is 597 g/mol. The van der Waals surface area contributed by atoms with E-state index < -0.39 is 5.97 Å². The monoisotopic (exact) mass is 596 g/mol. The molecule has 1 heterocycles. The molecule has 1 atom stereocenters. The third-order valence-electron chi connectivity index (χ3n) is 7.05. The molecule has 1 aliphatic rings. The fourth-order valence-corrected chi connectivity index (χ4v) is 6.22. The molecule has 1 N–H and O–H groups in total. The molecule has 1 aromatic heterocycles. The van der Waals surface area contributed by atoms with Crippen molar-refractivity contribution in [2.24, 2.45) is 16.3 Å². The number of nitrogens with one attached hydrogen (secondary N) is 1. The maximum Gasteiger partial charge on any atom is 0.344 e. The summed E-state index contributed by atoms with van der Waals surface area (Å²) in [7, 11) is 0. The number of benzene rings is 2. The third-order valence-corrected chi connectivity index (χ3v) is 8.46. The van der Waals surface area contributed by atoms with Crippen LogP contribution in [-0.4, -0.2) is 37.9 Å². The molecule has 218 valence electrons. The molecule has 2 aromatic carbocycles. The van der Waals surface area contributed by atoms with Gasteiger partial charge < -0.3 is 19.5 Å². The van der Waals surface area contributed by atoms with E-state index in [2.05, 4.69) is 26.1 Å². The van der Waals surface area contributed by atoms with Crippen molar-refractivity contribution in [1.29, 1.82) is 0 Å². The van der Waals surface area contributed by atoms with Gasteiger partial charge in [-0.3, -0.25) is 4.79 Å². The number of thiophene rings is 1. The normalized spacial score (nSPS) is 14.9. The van der Waals surface area contributed by atoms with Crippen molar-refractivity contribution in [2.45, 2.75) is 53.9 Å². The zero-order valence-electron chi connectivity index (χ0n) is 24.2. The average Bonchev–Trinajstić information content (AvgIpc) is 3.30. The molecule has 0 fully saturated rings. The van der Waals surface area contributed by atoms with Crippen LogP contribution in [0.25, 0.3) is 0 Å². The van der Waals surface area contributed by atoms with E-state index >= 15 is 0 Å². The van der Waals surface area contributed by atoms with Gasteiger partial charge in [0.1, 0.15) is 5.00 Å². The number of hydrogen-bond acceptors (Lipinski definition) is 7. The van der Waals surface area contributed by atoms with E-state index in [-0.39, 0.29) is 17.9 Å². The molecular weight excluding hydrogens is 560 g/mol. The van der Waals surface area contributed by atoms with Gasteiger partial charge in [0, 0.05) is 21.8 Å². The number of carbonyl (C=O) groups excluding carboxylic acids is 2. The fraction of sp³-hybridized carbons (Fsp3) is 0.406. The maximum atomic E-state index is 13.6. The first-order valence-corrected chi connectivity index (χ1v) is 15.1. The predicted molar refractivity (Wildman–Crippen MR) is 166 cm³/mol. The largest absolute Gasteiger partial charge is 0.490 e. The highest BCUT2D eigenvalue weighted by molar-refractivity contribution is 7.16. The summed E-state index contributed by atoms with van der Waals surface area (Å²) in [6.45, 7) is 11.0. The van der Waals surface area contributed by atoms with Crippen LogP contribution < -0.4 is 14.8 Å². The van der Waals surface area contributed by atoms with Crippen molar-refractivity contribution in [2.75, 3.05) is 25.1 Å². The Balaban J connectivity index is 1.64. The quantitative estimate of drug-likeness (QED) is 0.190. The molecule has 4 rings (SSSR count). The lowest BCUT2D eigenvalue weighted by molar-refractivity contribution is -0.145. The van der Waals surface area contributed by atoms with Gasteiger partial charge in [0.05, 0.1) is 18.8 Å². The molecule has 3 aromatic rings. The summed E-state index contributed by atoms with van der Waals surface area (Å²) < 4.78 is 16.3. The van der Waals surface area contributed by atoms with Crippen molar-refractivity contribution in [3.8, 4) is 11.5 Å². The minimum Gasteiger partial charge on any atom is -0.490 e. The van der Waals surface area contributed by atoms with Crippen LogP contribution in [0.1, 0.15) is 67.4 Å². The molecule has 1 aliphatic carbocycles. The summed E-state index contributed by atoms with van der Waals surface area (Å²) in [6, 6.07) is 12.5. The van der Waals surface area contributed by atoms with E-state index in [9.17, 15) is 9.59 Å². The highest BCUT2D eigenvalue weighted by atomic mass is 35.5. The number of nitrogens with zero attached hydrogens (tertiary/aromatic N) is 1. The number of esters is 1. The second kappa shape index (κ2) is 13.5. The number of rotatable bonds is 10. The Morgan fingerprint density at radius 3 is 2.51 bits per heavy atom. The molecule has 7 nitrogen and oxygen atoms in total. The van der Waals surface area contributed by atoms with Gasteiger partial charge >= 0.3 is 5.97 Å². The molecule has 1 amide bonds. The first kappa shape index (κ1) is 30.6. The van der Waals surface area contributed by atoms with Crippen LogP contribution in [0.2, 0.25) is 5.02 Å². The third kappa shape index (κ3) is 7.89. The Labute approximate surface area is 250 Å². The highest BCUT2D eigenvalue weighted by Gasteiger charge is 2.33. The first-order chi connectivity index (χ1) is 19.6. The highest BCUT2D eigenvalue weighted by Crippen LogP contribution is 2.45. The minimum atomic E-state index is -0.444. The Morgan fingerprint density at radius 2 is 1.83 bits per heavy atom. The van der Waals surface area contributed by atoms with Gasteiger partial charge in [0.25, 0.3) is 5.91 Å². The van der Waals surface area contributed by atoms with Crippen LogP contribution >= 0.6 is 22.9 Å². The van der Waals surface area contributed by atoms with Gasteiger partial charge in [-0.25, -0.2) is 9.79 Å². The number of fused-ring (bicyclic) bond motifs is 1. The summed E-state index contributed by atoms with van der Waals surface area (Å²) in [4.78, 5) is 31.4. The molecule has 0 saturated carbocycles. The van der Waals surface area contributed by atoms with Crippen LogP contribution in [0.3, 0.4) is 0 Å². The second-order valence-electron chi connectivity index (χ2n) is 10.9. The SMILES string of the molecule is CCOC(=O)COc1ccc(C=Nc2sc3c(c2C(=O)Nc2ccc(Cl)cc2)CC[C@H](C(C)(C)C)C3)cc1OCC. The van der Waals surface area contributed by atoms with Crippen molar-refractivity contribution >= 4 is 51.7 Å². The van der Waals surface area contributed by atoms with Gasteiger partial charge in [-0.1, -0.05) is 32.4 Å². The molecule has 0 bridgehead atoms. The molecule has 0 radical (unpaired) electrons. The molecule has 41 heavy (non-hydrogen) atoms. The van der Waals surface area contributed by atoms with E-state index in [1.165, 1.54) is 4.88 Å². The van der Waals surface area contributed by atoms with Crippen LogP contribution in [0.15, 0.2) is 47.5 Å². The van der Waals surface area contributed by atoms with E-state index in [0.29, 0.717) is 51.9 Å². The Morgan fingerprint density at radius 1 is 1.07 bits per heavy atom. The Bertz CT molecular complexity index is 1410. The van der Waals surface area contributed by atoms with Gasteiger partial charge in [-0.2, -0.15) is 0 Å². The van der Waals surface area contributed by atoms with Crippen LogP contribution in [0, 0.1) is 11.3 Å². The molecule has 9 heteroatoms. The van der Waals surface area contributed by atoms with E-state index in [1.54, 1.807) is 54.8 Å². The number of carbonyl (C=O) groups is 2. The van der Waals surface area contributed by atoms with Crippen LogP contribution in [-0.2, 0) is 22.4 Å². The van der Waals surface area contributed by atoms with Crippen molar-refractivity contribution in [3.63, 3.8) is 0 Å². The van der Waals surface area contributed by atoms with E-state index in [0.717, 1.165) is 30.4 Å². The summed E-state index contributed by atoms with van der Waals surface area (Å²) in [5.41, 5.74) is 3.36. The van der Waals surface area contributed by atoms with Crippen molar-refractivity contribution < 1.29 is 23.8 Å². The topological polar surface area (TPSA) is 86.2 Å². The lowest BCUT2D eigenvalue weighted by Gasteiger charge is -2.33. The molecular formula is C32H37ClN2O5S. The Hall–Kier alpha value is -3.36. The standard InChI is InChI=1S/C32H37ClN2O5S/c1-6-38-26-16-20(8-15-25(26)40-19-28(36)39-7-2)18-34-31-29(30(37)35-23-12-10-22(33)11-13-23)24-14-9-21(32(3,4)5)17-27(24)41-31/h8,10-13,15-16,18,21H,6-7,9,14,17,19H2,1-5H3,(H,35,37)/t21-/m0/s1. The summed E-state index contributed by atoms with van der Waals surface area (Å²) >= 11 is 7.62. The maximum absolute atomic E-state index is 13.6. The zero-order valence-corrected chi connectivity index (χ0v) is 25.8. The second-order valence-corrected chi connectivity index (χ2v) is 12.5. The summed E-state index contributed by atoms with van der Waals surface area (Å²) in [5, 5.41) is 4.31. The van der Waals surface area contributed by atoms with Crippen LogP contribution in [0.5, 0.6) is 11.5 Å². The van der Waals surface area contributed by atoms with Gasteiger partial charge in [-0.05, 0) is 98.0 Å². The summed E-state index contributed by atoms with van der Waals surface area (Å²) in [6.07, 6.45) is 4.53. The number of halogens is 1. The van der Waals surface area contributed by atoms with Crippen molar-refractivity contribution in [3.05, 3.63) is 69.1 Å².